The number of nitrogens with zero attached hydrogens (tertiary/aromatic N) is 1. The van der Waals surface area contributed by atoms with Crippen LogP contribution in [0.3, 0.4) is 0 Å². The molecule has 8 nitrogen and oxygen atoms in total. The molecule has 0 bridgehead atoms. The van der Waals surface area contributed by atoms with Crippen molar-refractivity contribution >= 4 is 35.9 Å². The number of rotatable bonds is 8. The quantitative estimate of drug-likeness (QED) is 0.279. The maximum atomic E-state index is 14.8. The number of urea groups is 1. The topological polar surface area (TPSA) is 123 Å². The number of halogens is 3. The van der Waals surface area contributed by atoms with Crippen LogP contribution < -0.4 is 21.1 Å². The van der Waals surface area contributed by atoms with Crippen molar-refractivity contribution < 1.29 is 27.9 Å². The summed E-state index contributed by atoms with van der Waals surface area (Å²) in [7, 11) is 0. The van der Waals surface area contributed by atoms with Gasteiger partial charge in [-0.2, -0.15) is 0 Å². The minimum absolute atomic E-state index is 0. The molecule has 0 unspecified atom stereocenters. The second-order valence-corrected chi connectivity index (χ2v) is 8.26. The van der Waals surface area contributed by atoms with E-state index in [1.54, 1.807) is 36.5 Å². The molecule has 0 aliphatic heterocycles. The number of carbonyl (C=O) groups excluding carboxylic acids is 3. The molecule has 0 atom stereocenters. The first-order valence-electron chi connectivity index (χ1n) is 11.4. The maximum Gasteiger partial charge on any atom is 0.325 e. The number of aromatic nitrogens is 1. The summed E-state index contributed by atoms with van der Waals surface area (Å²) in [4.78, 5) is 39.4. The molecular formula is C28H23ClF2N4O4. The fraction of sp³-hybridized carbons (Fsp3) is 0.0714. The second kappa shape index (κ2) is 13.1. The van der Waals surface area contributed by atoms with E-state index in [2.05, 4.69) is 15.6 Å². The number of nitrogens with two attached hydrogens (primary N) is 1. The highest BCUT2D eigenvalue weighted by Crippen LogP contribution is 2.34. The van der Waals surface area contributed by atoms with Gasteiger partial charge >= 0.3 is 6.03 Å². The van der Waals surface area contributed by atoms with Gasteiger partial charge in [-0.15, -0.1) is 12.4 Å². The number of anilines is 1. The van der Waals surface area contributed by atoms with Crippen molar-refractivity contribution in [2.24, 2.45) is 5.73 Å². The van der Waals surface area contributed by atoms with Gasteiger partial charge in [0.2, 0.25) is 11.8 Å². The Bertz CT molecular complexity index is 1480. The molecule has 39 heavy (non-hydrogen) atoms. The zero-order valence-corrected chi connectivity index (χ0v) is 21.1. The van der Waals surface area contributed by atoms with Crippen LogP contribution in [0, 0.1) is 11.6 Å². The fourth-order valence-corrected chi connectivity index (χ4v) is 3.59. The predicted octanol–water partition coefficient (Wildman–Crippen LogP) is 5.16. The molecule has 0 spiro atoms. The molecular weight excluding hydrogens is 530 g/mol. The van der Waals surface area contributed by atoms with Gasteiger partial charge in [0.05, 0.1) is 12.8 Å². The van der Waals surface area contributed by atoms with Gasteiger partial charge in [-0.05, 0) is 47.0 Å². The molecule has 0 fully saturated rings. The zero-order valence-electron chi connectivity index (χ0n) is 20.3. The van der Waals surface area contributed by atoms with Crippen molar-refractivity contribution in [3.8, 4) is 22.6 Å². The lowest BCUT2D eigenvalue weighted by molar-refractivity contribution is -0.119. The van der Waals surface area contributed by atoms with Gasteiger partial charge in [-0.1, -0.05) is 36.4 Å². The van der Waals surface area contributed by atoms with Crippen LogP contribution in [0.1, 0.15) is 11.1 Å². The molecule has 0 aliphatic rings. The Morgan fingerprint density at radius 2 is 1.51 bits per heavy atom. The van der Waals surface area contributed by atoms with Gasteiger partial charge in [0.25, 0.3) is 0 Å². The van der Waals surface area contributed by atoms with Crippen molar-refractivity contribution in [1.29, 1.82) is 0 Å². The molecule has 1 heterocycles. The third kappa shape index (κ3) is 8.08. The Kier molecular flexibility index (Phi) is 9.66. The van der Waals surface area contributed by atoms with Gasteiger partial charge in [0.1, 0.15) is 11.6 Å². The van der Waals surface area contributed by atoms with Gasteiger partial charge in [-0.3, -0.25) is 19.9 Å². The summed E-state index contributed by atoms with van der Waals surface area (Å²) in [5.41, 5.74) is 7.95. The van der Waals surface area contributed by atoms with Crippen LogP contribution in [0.2, 0.25) is 0 Å². The summed E-state index contributed by atoms with van der Waals surface area (Å²) < 4.78 is 33.6. The van der Waals surface area contributed by atoms with E-state index >= 15 is 0 Å². The number of primary amides is 1. The summed E-state index contributed by atoms with van der Waals surface area (Å²) in [6.45, 7) is 0. The first-order valence-corrected chi connectivity index (χ1v) is 11.4. The molecule has 4 N–H and O–H groups in total. The number of amides is 4. The number of benzene rings is 3. The highest BCUT2D eigenvalue weighted by Gasteiger charge is 2.14. The summed E-state index contributed by atoms with van der Waals surface area (Å²) in [5.74, 6) is -1.99. The highest BCUT2D eigenvalue weighted by atomic mass is 35.5. The molecule has 4 amide bonds. The van der Waals surface area contributed by atoms with Gasteiger partial charge < -0.3 is 15.8 Å². The third-order valence-corrected chi connectivity index (χ3v) is 5.36. The van der Waals surface area contributed by atoms with Crippen molar-refractivity contribution in [1.82, 2.24) is 10.3 Å². The lowest BCUT2D eigenvalue weighted by Gasteiger charge is -2.13. The number of ether oxygens (including phenoxy) is 1. The second-order valence-electron chi connectivity index (χ2n) is 8.26. The standard InChI is InChI=1S/C28H22F2N4O4.ClH/c29-20-7-3-18(4-8-20)14-27(36)34-28(37)33-21-9-10-25(23(30)15-21)38-24-11-12-32-16-22(24)19-5-1-17(2-6-19)13-26(31)35;/h1-12,15-16H,13-14H2,(H2,31,35)(H2,33,34,36,37);1H. The summed E-state index contributed by atoms with van der Waals surface area (Å²) in [5, 5.41) is 4.52. The molecule has 0 aliphatic carbocycles. The SMILES string of the molecule is Cl.NC(=O)Cc1ccc(-c2cnccc2Oc2ccc(NC(=O)NC(=O)Cc3ccc(F)cc3)cc2F)cc1. The highest BCUT2D eigenvalue weighted by molar-refractivity contribution is 6.01. The molecule has 4 aromatic rings. The van der Waals surface area contributed by atoms with Crippen molar-refractivity contribution in [3.63, 3.8) is 0 Å². The number of carbonyl (C=O) groups is 3. The first kappa shape index (κ1) is 28.7. The van der Waals surface area contributed by atoms with E-state index < -0.39 is 29.5 Å². The van der Waals surface area contributed by atoms with E-state index in [-0.39, 0.29) is 36.7 Å². The average molecular weight is 553 g/mol. The van der Waals surface area contributed by atoms with Crippen LogP contribution in [0.5, 0.6) is 11.5 Å². The van der Waals surface area contributed by atoms with E-state index in [1.165, 1.54) is 42.6 Å². The van der Waals surface area contributed by atoms with Crippen LogP contribution in [-0.2, 0) is 22.4 Å². The fourth-order valence-electron chi connectivity index (χ4n) is 3.59. The van der Waals surface area contributed by atoms with E-state index in [0.29, 0.717) is 16.9 Å². The maximum absolute atomic E-state index is 14.8. The molecule has 200 valence electrons. The molecule has 4 rings (SSSR count). The normalized spacial score (nSPS) is 10.2. The molecule has 0 saturated carbocycles. The van der Waals surface area contributed by atoms with E-state index in [9.17, 15) is 23.2 Å². The average Bonchev–Trinajstić information content (AvgIpc) is 2.87. The Balaban J connectivity index is 0.00000420. The van der Waals surface area contributed by atoms with E-state index in [1.807, 2.05) is 0 Å². The Hall–Kier alpha value is -4.83. The minimum Gasteiger partial charge on any atom is -0.454 e. The van der Waals surface area contributed by atoms with Crippen LogP contribution in [0.25, 0.3) is 11.1 Å². The largest absolute Gasteiger partial charge is 0.454 e. The smallest absolute Gasteiger partial charge is 0.325 e. The predicted molar refractivity (Wildman–Crippen MR) is 144 cm³/mol. The zero-order chi connectivity index (χ0) is 27.1. The van der Waals surface area contributed by atoms with Gasteiger partial charge in [0.15, 0.2) is 11.6 Å². The number of hydrogen-bond acceptors (Lipinski definition) is 5. The minimum atomic E-state index is -0.846. The van der Waals surface area contributed by atoms with Crippen LogP contribution in [0.15, 0.2) is 85.2 Å². The Labute approximate surface area is 228 Å². The molecule has 0 radical (unpaired) electrons. The van der Waals surface area contributed by atoms with Crippen LogP contribution >= 0.6 is 12.4 Å². The molecule has 3 aromatic carbocycles. The Morgan fingerprint density at radius 1 is 0.846 bits per heavy atom. The van der Waals surface area contributed by atoms with Crippen molar-refractivity contribution in [3.05, 3.63) is 108 Å². The van der Waals surface area contributed by atoms with Crippen molar-refractivity contribution in [2.75, 3.05) is 5.32 Å². The van der Waals surface area contributed by atoms with Crippen LogP contribution in [0.4, 0.5) is 19.3 Å². The molecule has 0 saturated heterocycles. The first-order chi connectivity index (χ1) is 18.3. The lowest BCUT2D eigenvalue weighted by Crippen LogP contribution is -2.35. The van der Waals surface area contributed by atoms with Crippen molar-refractivity contribution in [2.45, 2.75) is 12.8 Å². The molecule has 11 heteroatoms. The lowest BCUT2D eigenvalue weighted by atomic mass is 10.0. The summed E-state index contributed by atoms with van der Waals surface area (Å²) >= 11 is 0. The summed E-state index contributed by atoms with van der Waals surface area (Å²) in [6.07, 6.45) is 3.06. The number of nitrogens with one attached hydrogen (secondary N) is 2. The van der Waals surface area contributed by atoms with E-state index in [0.717, 1.165) is 17.2 Å². The number of imide groups is 1. The Morgan fingerprint density at radius 3 is 2.18 bits per heavy atom. The van der Waals surface area contributed by atoms with Crippen LogP contribution in [-0.4, -0.2) is 22.8 Å². The number of pyridine rings is 1. The monoisotopic (exact) mass is 552 g/mol. The molecule has 1 aromatic heterocycles. The third-order valence-electron chi connectivity index (χ3n) is 5.36. The summed E-state index contributed by atoms with van der Waals surface area (Å²) in [6, 6.07) is 16.9. The number of hydrogen-bond donors (Lipinski definition) is 3. The van der Waals surface area contributed by atoms with E-state index in [4.69, 9.17) is 10.5 Å². The van der Waals surface area contributed by atoms with Gasteiger partial charge in [0, 0.05) is 29.7 Å². The van der Waals surface area contributed by atoms with Gasteiger partial charge in [-0.25, -0.2) is 13.6 Å².